The van der Waals surface area contributed by atoms with Gasteiger partial charge in [0.2, 0.25) is 0 Å². The van der Waals surface area contributed by atoms with E-state index in [2.05, 4.69) is 56.7 Å². The van der Waals surface area contributed by atoms with Crippen molar-refractivity contribution in [2.75, 3.05) is 18.4 Å². The lowest BCUT2D eigenvalue weighted by molar-refractivity contribution is 0.211. The van der Waals surface area contributed by atoms with Crippen LogP contribution in [0.1, 0.15) is 24.1 Å². The van der Waals surface area contributed by atoms with Gasteiger partial charge < -0.3 is 5.32 Å². The summed E-state index contributed by atoms with van der Waals surface area (Å²) in [6.07, 6.45) is 4.26. The molecule has 0 aliphatic carbocycles. The average Bonchev–Trinajstić information content (AvgIpc) is 2.91. The molecular formula is C20H25N5. The maximum atomic E-state index is 4.57. The summed E-state index contributed by atoms with van der Waals surface area (Å²) < 4.78 is 1.84. The minimum absolute atomic E-state index is 0.517. The van der Waals surface area contributed by atoms with E-state index in [4.69, 9.17) is 0 Å². The van der Waals surface area contributed by atoms with Gasteiger partial charge in [-0.05, 0) is 31.4 Å². The SMILES string of the molecule is Cc1nn(C)c2ncc(NC3CCN(Cc4ccccc4)CC3)cc12. The molecule has 0 unspecified atom stereocenters. The standard InChI is InChI=1S/C20H25N5/c1-15-19-12-18(13-21-20(19)24(2)23-15)22-17-8-10-25(11-9-17)14-16-6-4-3-5-7-16/h3-7,12-13,17,22H,8-11,14H2,1-2H3. The first-order valence-corrected chi connectivity index (χ1v) is 9.01. The van der Waals surface area contributed by atoms with Gasteiger partial charge in [0.05, 0.1) is 17.6 Å². The Kier molecular flexibility index (Phi) is 4.40. The first-order valence-electron chi connectivity index (χ1n) is 9.01. The molecule has 1 aromatic carbocycles. The van der Waals surface area contributed by atoms with Gasteiger partial charge in [-0.1, -0.05) is 30.3 Å². The number of nitrogens with zero attached hydrogens (tertiary/aromatic N) is 4. The number of hydrogen-bond acceptors (Lipinski definition) is 4. The number of fused-ring (bicyclic) bond motifs is 1. The molecule has 0 bridgehead atoms. The van der Waals surface area contributed by atoms with Crippen molar-refractivity contribution in [3.8, 4) is 0 Å². The van der Waals surface area contributed by atoms with Gasteiger partial charge in [-0.15, -0.1) is 0 Å². The third kappa shape index (κ3) is 3.51. The maximum Gasteiger partial charge on any atom is 0.157 e. The normalized spacial score (nSPS) is 16.4. The summed E-state index contributed by atoms with van der Waals surface area (Å²) in [6, 6.07) is 13.4. The lowest BCUT2D eigenvalue weighted by Crippen LogP contribution is -2.38. The van der Waals surface area contributed by atoms with Crippen LogP contribution in [0.2, 0.25) is 0 Å². The van der Waals surface area contributed by atoms with E-state index in [1.54, 1.807) is 0 Å². The molecule has 0 atom stereocenters. The Balaban J connectivity index is 1.36. The zero-order chi connectivity index (χ0) is 17.2. The number of aromatic nitrogens is 3. The van der Waals surface area contributed by atoms with Crippen molar-refractivity contribution >= 4 is 16.7 Å². The Labute approximate surface area is 148 Å². The van der Waals surface area contributed by atoms with Gasteiger partial charge >= 0.3 is 0 Å². The van der Waals surface area contributed by atoms with Gasteiger partial charge in [0.25, 0.3) is 0 Å². The zero-order valence-electron chi connectivity index (χ0n) is 14.9. The van der Waals surface area contributed by atoms with Crippen LogP contribution in [0.15, 0.2) is 42.6 Å². The number of rotatable bonds is 4. The highest BCUT2D eigenvalue weighted by atomic mass is 15.3. The molecule has 5 nitrogen and oxygen atoms in total. The molecule has 0 spiro atoms. The van der Waals surface area contributed by atoms with Crippen LogP contribution in [0.5, 0.6) is 0 Å². The highest BCUT2D eigenvalue weighted by Gasteiger charge is 2.19. The Morgan fingerprint density at radius 3 is 2.68 bits per heavy atom. The van der Waals surface area contributed by atoms with E-state index >= 15 is 0 Å². The Morgan fingerprint density at radius 2 is 1.92 bits per heavy atom. The summed E-state index contributed by atoms with van der Waals surface area (Å²) in [7, 11) is 1.94. The largest absolute Gasteiger partial charge is 0.381 e. The van der Waals surface area contributed by atoms with Gasteiger partial charge in [-0.25, -0.2) is 4.98 Å². The quantitative estimate of drug-likeness (QED) is 0.794. The van der Waals surface area contributed by atoms with Crippen molar-refractivity contribution in [2.24, 2.45) is 7.05 Å². The molecule has 1 aliphatic heterocycles. The van der Waals surface area contributed by atoms with Crippen LogP contribution in [0.4, 0.5) is 5.69 Å². The van der Waals surface area contributed by atoms with E-state index in [0.717, 1.165) is 54.9 Å². The number of nitrogens with one attached hydrogen (secondary N) is 1. The molecule has 1 saturated heterocycles. The second kappa shape index (κ2) is 6.84. The van der Waals surface area contributed by atoms with E-state index in [0.29, 0.717) is 6.04 Å². The fourth-order valence-electron chi connectivity index (χ4n) is 3.70. The molecule has 3 aromatic rings. The van der Waals surface area contributed by atoms with Crippen molar-refractivity contribution in [2.45, 2.75) is 32.4 Å². The molecule has 3 heterocycles. The van der Waals surface area contributed by atoms with E-state index in [-0.39, 0.29) is 0 Å². The number of pyridine rings is 1. The van der Waals surface area contributed by atoms with Gasteiger partial charge in [0.1, 0.15) is 0 Å². The van der Waals surface area contributed by atoms with Crippen LogP contribution in [0.3, 0.4) is 0 Å². The molecule has 0 radical (unpaired) electrons. The number of likely N-dealkylation sites (tertiary alicyclic amines) is 1. The molecular weight excluding hydrogens is 310 g/mol. The average molecular weight is 335 g/mol. The molecule has 1 aliphatic rings. The molecule has 0 saturated carbocycles. The first kappa shape index (κ1) is 16.1. The fraction of sp³-hybridized carbons (Fsp3) is 0.400. The summed E-state index contributed by atoms with van der Waals surface area (Å²) in [5.74, 6) is 0. The Hall–Kier alpha value is -2.40. The predicted molar refractivity (Wildman–Crippen MR) is 102 cm³/mol. The van der Waals surface area contributed by atoms with Crippen molar-refractivity contribution in [3.63, 3.8) is 0 Å². The summed E-state index contributed by atoms with van der Waals surface area (Å²) in [5.41, 5.74) is 4.48. The maximum absolute atomic E-state index is 4.57. The summed E-state index contributed by atoms with van der Waals surface area (Å²) >= 11 is 0. The number of anilines is 1. The van der Waals surface area contributed by atoms with Gasteiger partial charge in [-0.2, -0.15) is 5.10 Å². The van der Waals surface area contributed by atoms with E-state index in [1.807, 2.05) is 24.9 Å². The van der Waals surface area contributed by atoms with Crippen LogP contribution in [-0.2, 0) is 13.6 Å². The second-order valence-corrected chi connectivity index (χ2v) is 6.98. The van der Waals surface area contributed by atoms with Crippen LogP contribution < -0.4 is 5.32 Å². The highest BCUT2D eigenvalue weighted by Crippen LogP contribution is 2.22. The fourth-order valence-corrected chi connectivity index (χ4v) is 3.70. The van der Waals surface area contributed by atoms with Crippen molar-refractivity contribution in [3.05, 3.63) is 53.9 Å². The van der Waals surface area contributed by atoms with Crippen LogP contribution in [0, 0.1) is 6.92 Å². The number of piperidine rings is 1. The lowest BCUT2D eigenvalue weighted by Gasteiger charge is -2.32. The van der Waals surface area contributed by atoms with E-state index in [9.17, 15) is 0 Å². The van der Waals surface area contributed by atoms with Gasteiger partial charge in [0, 0.05) is 38.1 Å². The third-order valence-corrected chi connectivity index (χ3v) is 5.07. The monoisotopic (exact) mass is 335 g/mol. The zero-order valence-corrected chi connectivity index (χ0v) is 14.9. The molecule has 25 heavy (non-hydrogen) atoms. The highest BCUT2D eigenvalue weighted by molar-refractivity contribution is 5.81. The summed E-state index contributed by atoms with van der Waals surface area (Å²) in [5, 5.41) is 9.25. The van der Waals surface area contributed by atoms with Gasteiger partial charge in [0.15, 0.2) is 5.65 Å². The van der Waals surface area contributed by atoms with Crippen molar-refractivity contribution < 1.29 is 0 Å². The first-order chi connectivity index (χ1) is 12.2. The second-order valence-electron chi connectivity index (χ2n) is 6.98. The molecule has 4 rings (SSSR count). The molecule has 1 fully saturated rings. The molecule has 1 N–H and O–H groups in total. The minimum atomic E-state index is 0.517. The van der Waals surface area contributed by atoms with Crippen LogP contribution in [0.25, 0.3) is 11.0 Å². The molecule has 5 heteroatoms. The van der Waals surface area contributed by atoms with E-state index < -0.39 is 0 Å². The number of benzene rings is 1. The van der Waals surface area contributed by atoms with Crippen molar-refractivity contribution in [1.29, 1.82) is 0 Å². The Morgan fingerprint density at radius 1 is 1.16 bits per heavy atom. The molecule has 130 valence electrons. The summed E-state index contributed by atoms with van der Waals surface area (Å²) in [6.45, 7) is 5.36. The predicted octanol–water partition coefficient (Wildman–Crippen LogP) is 3.35. The number of hydrogen-bond donors (Lipinski definition) is 1. The van der Waals surface area contributed by atoms with Crippen LogP contribution >= 0.6 is 0 Å². The Bertz CT molecular complexity index is 847. The van der Waals surface area contributed by atoms with Crippen LogP contribution in [-0.4, -0.2) is 38.8 Å². The smallest absolute Gasteiger partial charge is 0.157 e. The molecule has 0 amide bonds. The minimum Gasteiger partial charge on any atom is -0.381 e. The van der Waals surface area contributed by atoms with Gasteiger partial charge in [-0.3, -0.25) is 9.58 Å². The molecule has 2 aromatic heterocycles. The lowest BCUT2D eigenvalue weighted by atomic mass is 10.0. The van der Waals surface area contributed by atoms with E-state index in [1.165, 1.54) is 5.56 Å². The number of aryl methyl sites for hydroxylation is 2. The van der Waals surface area contributed by atoms with Crippen molar-refractivity contribution in [1.82, 2.24) is 19.7 Å². The third-order valence-electron chi connectivity index (χ3n) is 5.07. The topological polar surface area (TPSA) is 46.0 Å². The summed E-state index contributed by atoms with van der Waals surface area (Å²) in [4.78, 5) is 7.11.